The zero-order valence-corrected chi connectivity index (χ0v) is 13.8. The van der Waals surface area contributed by atoms with Gasteiger partial charge in [-0.2, -0.15) is 5.10 Å². The quantitative estimate of drug-likeness (QED) is 0.903. The normalized spacial score (nSPS) is 15.5. The van der Waals surface area contributed by atoms with E-state index < -0.39 is 0 Å². The summed E-state index contributed by atoms with van der Waals surface area (Å²) in [6, 6.07) is 6.10. The van der Waals surface area contributed by atoms with Crippen molar-refractivity contribution in [2.75, 3.05) is 13.1 Å². The third-order valence-electron chi connectivity index (χ3n) is 4.37. The van der Waals surface area contributed by atoms with E-state index in [1.165, 1.54) is 12.1 Å². The molecule has 1 fully saturated rings. The molecule has 128 valence electrons. The molecule has 6 nitrogen and oxygen atoms in total. The summed E-state index contributed by atoms with van der Waals surface area (Å²) in [5, 5.41) is 9.93. The highest BCUT2D eigenvalue weighted by molar-refractivity contribution is 5.74. The Morgan fingerprint density at radius 1 is 1.33 bits per heavy atom. The molecule has 1 aromatic carbocycles. The number of likely N-dealkylation sites (tertiary alicyclic amines) is 1. The lowest BCUT2D eigenvalue weighted by Gasteiger charge is -2.31. The van der Waals surface area contributed by atoms with E-state index in [1.807, 2.05) is 11.8 Å². The smallest absolute Gasteiger partial charge is 0.317 e. The van der Waals surface area contributed by atoms with E-state index in [9.17, 15) is 9.18 Å². The van der Waals surface area contributed by atoms with Crippen LogP contribution < -0.4 is 5.32 Å². The number of hydrogen-bond acceptors (Lipinski definition) is 3. The summed E-state index contributed by atoms with van der Waals surface area (Å²) in [4.78, 5) is 18.4. The van der Waals surface area contributed by atoms with Crippen molar-refractivity contribution in [1.29, 1.82) is 0 Å². The number of aromatic nitrogens is 3. The van der Waals surface area contributed by atoms with Gasteiger partial charge < -0.3 is 10.2 Å². The highest BCUT2D eigenvalue weighted by Crippen LogP contribution is 2.20. The molecular formula is C17H22FN5O. The zero-order chi connectivity index (χ0) is 16.9. The van der Waals surface area contributed by atoms with Crippen LogP contribution in [0, 0.1) is 18.7 Å². The highest BCUT2D eigenvalue weighted by atomic mass is 19.1. The monoisotopic (exact) mass is 331 g/mol. The maximum absolute atomic E-state index is 12.9. The van der Waals surface area contributed by atoms with Gasteiger partial charge in [-0.25, -0.2) is 14.2 Å². The number of nitrogens with zero attached hydrogens (tertiary/aromatic N) is 3. The first-order chi connectivity index (χ1) is 11.6. The van der Waals surface area contributed by atoms with Gasteiger partial charge in [0.25, 0.3) is 0 Å². The Labute approximate surface area is 140 Å². The van der Waals surface area contributed by atoms with Crippen LogP contribution in [0.1, 0.15) is 30.1 Å². The van der Waals surface area contributed by atoms with Crippen molar-refractivity contribution in [3.63, 3.8) is 0 Å². The number of nitrogens with one attached hydrogen (secondary N) is 2. The number of benzene rings is 1. The fraction of sp³-hybridized carbons (Fsp3) is 0.471. The molecule has 2 aromatic rings. The second kappa shape index (κ2) is 7.42. The average Bonchev–Trinajstić information content (AvgIpc) is 2.99. The first kappa shape index (κ1) is 16.4. The Balaban J connectivity index is 1.42. The molecule has 2 amide bonds. The maximum Gasteiger partial charge on any atom is 0.317 e. The van der Waals surface area contributed by atoms with Gasteiger partial charge in [0.15, 0.2) is 5.82 Å². The molecule has 0 spiro atoms. The van der Waals surface area contributed by atoms with Crippen molar-refractivity contribution in [1.82, 2.24) is 25.4 Å². The van der Waals surface area contributed by atoms with Crippen LogP contribution in [0.25, 0.3) is 0 Å². The average molecular weight is 331 g/mol. The summed E-state index contributed by atoms with van der Waals surface area (Å²) in [5.41, 5.74) is 0.889. The number of aryl methyl sites for hydroxylation is 1. The third kappa shape index (κ3) is 4.31. The fourth-order valence-corrected chi connectivity index (χ4v) is 2.97. The van der Waals surface area contributed by atoms with Crippen molar-refractivity contribution in [2.45, 2.75) is 32.7 Å². The van der Waals surface area contributed by atoms with E-state index in [0.717, 1.165) is 49.6 Å². The van der Waals surface area contributed by atoms with Crippen LogP contribution in [-0.4, -0.2) is 39.2 Å². The third-order valence-corrected chi connectivity index (χ3v) is 4.37. The molecule has 0 saturated carbocycles. The molecule has 7 heteroatoms. The summed E-state index contributed by atoms with van der Waals surface area (Å²) in [6.07, 6.45) is 2.77. The lowest BCUT2D eigenvalue weighted by Crippen LogP contribution is -2.44. The van der Waals surface area contributed by atoms with Gasteiger partial charge in [0.05, 0.1) is 0 Å². The van der Waals surface area contributed by atoms with Gasteiger partial charge in [0.2, 0.25) is 0 Å². The molecule has 1 aromatic heterocycles. The fourth-order valence-electron chi connectivity index (χ4n) is 2.97. The van der Waals surface area contributed by atoms with Gasteiger partial charge in [-0.1, -0.05) is 12.1 Å². The van der Waals surface area contributed by atoms with E-state index in [4.69, 9.17) is 0 Å². The summed E-state index contributed by atoms with van der Waals surface area (Å²) < 4.78 is 12.9. The minimum atomic E-state index is -0.270. The van der Waals surface area contributed by atoms with E-state index in [0.29, 0.717) is 12.5 Å². The Bertz CT molecular complexity index is 677. The molecule has 1 aliphatic rings. The lowest BCUT2D eigenvalue weighted by molar-refractivity contribution is 0.169. The first-order valence-corrected chi connectivity index (χ1v) is 8.25. The molecular weight excluding hydrogens is 309 g/mol. The number of carbonyl (C=O) groups excluding carboxylic acids is 1. The predicted molar refractivity (Wildman–Crippen MR) is 87.8 cm³/mol. The highest BCUT2D eigenvalue weighted by Gasteiger charge is 2.23. The van der Waals surface area contributed by atoms with Crippen LogP contribution in [0.4, 0.5) is 9.18 Å². The zero-order valence-electron chi connectivity index (χ0n) is 13.8. The molecule has 0 bridgehead atoms. The van der Waals surface area contributed by atoms with Gasteiger partial charge in [-0.05, 0) is 43.4 Å². The van der Waals surface area contributed by atoms with Crippen LogP contribution >= 0.6 is 0 Å². The number of urea groups is 1. The molecule has 1 aliphatic heterocycles. The van der Waals surface area contributed by atoms with Crippen molar-refractivity contribution >= 4 is 6.03 Å². The van der Waals surface area contributed by atoms with Crippen LogP contribution in [0.3, 0.4) is 0 Å². The first-order valence-electron chi connectivity index (χ1n) is 8.25. The number of aromatic amines is 1. The second-order valence-corrected chi connectivity index (χ2v) is 6.26. The van der Waals surface area contributed by atoms with Gasteiger partial charge >= 0.3 is 6.03 Å². The van der Waals surface area contributed by atoms with Crippen LogP contribution in [0.2, 0.25) is 0 Å². The SMILES string of the molecule is Cc1nc(CC2CCN(C(=O)NCc3ccc(F)cc3)CC2)n[nH]1. The lowest BCUT2D eigenvalue weighted by atomic mass is 9.93. The van der Waals surface area contributed by atoms with Crippen molar-refractivity contribution in [3.05, 3.63) is 47.3 Å². The topological polar surface area (TPSA) is 73.9 Å². The summed E-state index contributed by atoms with van der Waals surface area (Å²) >= 11 is 0. The number of H-pyrrole nitrogens is 1. The molecule has 3 rings (SSSR count). The Hall–Kier alpha value is -2.44. The molecule has 0 unspecified atom stereocenters. The van der Waals surface area contributed by atoms with Gasteiger partial charge in [0, 0.05) is 26.1 Å². The van der Waals surface area contributed by atoms with Gasteiger partial charge in [0.1, 0.15) is 11.6 Å². The van der Waals surface area contributed by atoms with E-state index in [1.54, 1.807) is 12.1 Å². The number of hydrogen-bond donors (Lipinski definition) is 2. The molecule has 24 heavy (non-hydrogen) atoms. The Morgan fingerprint density at radius 2 is 2.04 bits per heavy atom. The molecule has 1 saturated heterocycles. The van der Waals surface area contributed by atoms with E-state index >= 15 is 0 Å². The predicted octanol–water partition coefficient (Wildman–Crippen LogP) is 2.42. The van der Waals surface area contributed by atoms with Crippen molar-refractivity contribution in [3.8, 4) is 0 Å². The number of carbonyl (C=O) groups is 1. The van der Waals surface area contributed by atoms with Gasteiger partial charge in [-0.15, -0.1) is 0 Å². The van der Waals surface area contributed by atoms with Crippen LogP contribution in [0.5, 0.6) is 0 Å². The molecule has 0 aliphatic carbocycles. The summed E-state index contributed by atoms with van der Waals surface area (Å²) in [7, 11) is 0. The van der Waals surface area contributed by atoms with Gasteiger partial charge in [-0.3, -0.25) is 5.10 Å². The number of piperidine rings is 1. The number of rotatable bonds is 4. The maximum atomic E-state index is 12.9. The van der Waals surface area contributed by atoms with Crippen LogP contribution in [-0.2, 0) is 13.0 Å². The molecule has 0 radical (unpaired) electrons. The number of halogens is 1. The standard InChI is InChI=1S/C17H22FN5O/c1-12-20-16(22-21-12)10-13-6-8-23(9-7-13)17(24)19-11-14-2-4-15(18)5-3-14/h2-5,13H,6-11H2,1H3,(H,19,24)(H,20,21,22). The molecule has 0 atom stereocenters. The minimum Gasteiger partial charge on any atom is -0.334 e. The van der Waals surface area contributed by atoms with Crippen molar-refractivity contribution in [2.24, 2.45) is 5.92 Å². The van der Waals surface area contributed by atoms with Crippen molar-refractivity contribution < 1.29 is 9.18 Å². The minimum absolute atomic E-state index is 0.0634. The Kier molecular flexibility index (Phi) is 5.08. The largest absolute Gasteiger partial charge is 0.334 e. The second-order valence-electron chi connectivity index (χ2n) is 6.26. The molecule has 2 heterocycles. The van der Waals surface area contributed by atoms with Crippen LogP contribution in [0.15, 0.2) is 24.3 Å². The van der Waals surface area contributed by atoms with E-state index in [-0.39, 0.29) is 11.8 Å². The number of amides is 2. The van der Waals surface area contributed by atoms with E-state index in [2.05, 4.69) is 20.5 Å². The molecule has 2 N–H and O–H groups in total. The summed E-state index contributed by atoms with van der Waals surface area (Å²) in [6.45, 7) is 3.78. The summed E-state index contributed by atoms with van der Waals surface area (Å²) in [5.74, 6) is 1.93. The Morgan fingerprint density at radius 3 is 2.67 bits per heavy atom.